The molecule has 88 valence electrons. The maximum Gasteiger partial charge on any atom is 0.0582 e. The van der Waals surface area contributed by atoms with Crippen LogP contribution in [0, 0.1) is 17.3 Å². The lowest BCUT2D eigenvalue weighted by Crippen LogP contribution is -2.66. The monoisotopic (exact) mass is 211 g/mol. The summed E-state index contributed by atoms with van der Waals surface area (Å²) in [5.74, 6) is 1.80. The summed E-state index contributed by atoms with van der Waals surface area (Å²) < 4.78 is 0. The van der Waals surface area contributed by atoms with Gasteiger partial charge in [-0.15, -0.1) is 0 Å². The summed E-state index contributed by atoms with van der Waals surface area (Å²) in [4.78, 5) is 0. The quantitative estimate of drug-likeness (QED) is 0.750. The van der Waals surface area contributed by atoms with Gasteiger partial charge < -0.3 is 10.4 Å². The highest BCUT2D eigenvalue weighted by Gasteiger charge is 2.56. The molecule has 2 N–H and O–H groups in total. The highest BCUT2D eigenvalue weighted by atomic mass is 16.3. The van der Waals surface area contributed by atoms with Crippen molar-refractivity contribution in [3.63, 3.8) is 0 Å². The molecule has 0 spiro atoms. The average molecular weight is 211 g/mol. The molecule has 0 heterocycles. The van der Waals surface area contributed by atoms with Gasteiger partial charge in [-0.1, -0.05) is 26.7 Å². The molecule has 0 radical (unpaired) electrons. The second-order valence-electron chi connectivity index (χ2n) is 6.10. The van der Waals surface area contributed by atoms with E-state index in [4.69, 9.17) is 5.11 Å². The van der Waals surface area contributed by atoms with E-state index in [1.165, 1.54) is 25.7 Å². The lowest BCUT2D eigenvalue weighted by atomic mass is 9.47. The van der Waals surface area contributed by atoms with Crippen LogP contribution >= 0.6 is 0 Å². The maximum absolute atomic E-state index is 9.11. The van der Waals surface area contributed by atoms with Gasteiger partial charge in [-0.2, -0.15) is 0 Å². The van der Waals surface area contributed by atoms with Crippen molar-refractivity contribution in [3.8, 4) is 0 Å². The molecule has 0 aromatic rings. The standard InChI is InChI=1S/C13H25NO/c1-9(8-15)14-12-10-6-4-5-7-11(10)13(12,2)3/h9-12,14-15H,4-8H2,1-3H3/t9-,10-,11+,12?/m1/s1. The third-order valence-corrected chi connectivity index (χ3v) is 4.74. The average Bonchev–Trinajstić information content (AvgIpc) is 2.25. The van der Waals surface area contributed by atoms with Crippen LogP contribution in [-0.2, 0) is 0 Å². The third kappa shape index (κ3) is 1.83. The van der Waals surface area contributed by atoms with Crippen LogP contribution in [0.5, 0.6) is 0 Å². The van der Waals surface area contributed by atoms with E-state index >= 15 is 0 Å². The lowest BCUT2D eigenvalue weighted by Gasteiger charge is -2.61. The van der Waals surface area contributed by atoms with E-state index in [2.05, 4.69) is 26.1 Å². The zero-order chi connectivity index (χ0) is 11.1. The number of hydrogen-bond acceptors (Lipinski definition) is 2. The van der Waals surface area contributed by atoms with Crippen molar-refractivity contribution in [1.29, 1.82) is 0 Å². The van der Waals surface area contributed by atoms with Crippen LogP contribution in [0.2, 0.25) is 0 Å². The Hall–Kier alpha value is -0.0800. The molecule has 0 aromatic carbocycles. The first-order chi connectivity index (χ1) is 7.07. The summed E-state index contributed by atoms with van der Waals surface area (Å²) >= 11 is 0. The van der Waals surface area contributed by atoms with Gasteiger partial charge in [0, 0.05) is 12.1 Å². The highest BCUT2D eigenvalue weighted by molar-refractivity contribution is 5.09. The van der Waals surface area contributed by atoms with Crippen molar-refractivity contribution >= 4 is 0 Å². The van der Waals surface area contributed by atoms with Crippen molar-refractivity contribution in [1.82, 2.24) is 5.32 Å². The van der Waals surface area contributed by atoms with E-state index in [-0.39, 0.29) is 12.6 Å². The van der Waals surface area contributed by atoms with Crippen molar-refractivity contribution in [2.45, 2.75) is 58.5 Å². The van der Waals surface area contributed by atoms with Gasteiger partial charge in [0.2, 0.25) is 0 Å². The predicted molar refractivity (Wildman–Crippen MR) is 62.7 cm³/mol. The number of aliphatic hydroxyl groups excluding tert-OH is 1. The van der Waals surface area contributed by atoms with Crippen LogP contribution in [0.4, 0.5) is 0 Å². The zero-order valence-electron chi connectivity index (χ0n) is 10.3. The molecular weight excluding hydrogens is 186 g/mol. The van der Waals surface area contributed by atoms with E-state index in [1.807, 2.05) is 0 Å². The molecule has 0 aromatic heterocycles. The molecule has 1 unspecified atom stereocenters. The molecule has 2 aliphatic rings. The van der Waals surface area contributed by atoms with E-state index in [1.54, 1.807) is 0 Å². The van der Waals surface area contributed by atoms with Crippen molar-refractivity contribution in [2.75, 3.05) is 6.61 Å². The highest BCUT2D eigenvalue weighted by Crippen LogP contribution is 2.57. The third-order valence-electron chi connectivity index (χ3n) is 4.74. The summed E-state index contributed by atoms with van der Waals surface area (Å²) in [7, 11) is 0. The Labute approximate surface area is 93.5 Å². The molecule has 2 heteroatoms. The lowest BCUT2D eigenvalue weighted by molar-refractivity contribution is -0.0927. The van der Waals surface area contributed by atoms with Crippen LogP contribution in [0.15, 0.2) is 0 Å². The second kappa shape index (κ2) is 4.06. The molecule has 2 nitrogen and oxygen atoms in total. The van der Waals surface area contributed by atoms with Gasteiger partial charge in [0.05, 0.1) is 6.61 Å². The van der Waals surface area contributed by atoms with Crippen LogP contribution in [0.3, 0.4) is 0 Å². The zero-order valence-corrected chi connectivity index (χ0v) is 10.3. The van der Waals surface area contributed by atoms with E-state index in [0.29, 0.717) is 11.5 Å². The summed E-state index contributed by atoms with van der Waals surface area (Å²) in [6, 6.07) is 0.877. The van der Waals surface area contributed by atoms with Crippen molar-refractivity contribution < 1.29 is 5.11 Å². The summed E-state index contributed by atoms with van der Waals surface area (Å²) in [5.41, 5.74) is 0.439. The number of aliphatic hydroxyl groups is 1. The minimum Gasteiger partial charge on any atom is -0.395 e. The van der Waals surface area contributed by atoms with Gasteiger partial charge in [0.1, 0.15) is 0 Å². The van der Waals surface area contributed by atoms with Crippen LogP contribution in [0.25, 0.3) is 0 Å². The summed E-state index contributed by atoms with van der Waals surface area (Å²) in [6.45, 7) is 7.11. The molecule has 0 saturated heterocycles. The molecule has 2 saturated carbocycles. The minimum absolute atomic E-state index is 0.247. The van der Waals surface area contributed by atoms with Crippen LogP contribution in [0.1, 0.15) is 46.5 Å². The van der Waals surface area contributed by atoms with Gasteiger partial charge in [-0.3, -0.25) is 0 Å². The normalized spacial score (nSPS) is 40.4. The molecule has 0 bridgehead atoms. The molecule has 0 aliphatic heterocycles. The molecule has 2 aliphatic carbocycles. The fraction of sp³-hybridized carbons (Fsp3) is 1.00. The van der Waals surface area contributed by atoms with Crippen molar-refractivity contribution in [3.05, 3.63) is 0 Å². The number of rotatable bonds is 3. The maximum atomic E-state index is 9.11. The predicted octanol–water partition coefficient (Wildman–Crippen LogP) is 2.17. The van der Waals surface area contributed by atoms with Gasteiger partial charge in [0.25, 0.3) is 0 Å². The molecule has 2 fully saturated rings. The molecule has 4 atom stereocenters. The summed E-state index contributed by atoms with van der Waals surface area (Å²) in [6.07, 6.45) is 5.64. The topological polar surface area (TPSA) is 32.3 Å². The Morgan fingerprint density at radius 2 is 2.00 bits per heavy atom. The molecule has 15 heavy (non-hydrogen) atoms. The van der Waals surface area contributed by atoms with E-state index in [0.717, 1.165) is 11.8 Å². The number of fused-ring (bicyclic) bond motifs is 1. The van der Waals surface area contributed by atoms with Gasteiger partial charge in [-0.25, -0.2) is 0 Å². The molecule has 2 rings (SSSR count). The number of nitrogens with one attached hydrogen (secondary N) is 1. The largest absolute Gasteiger partial charge is 0.395 e. The first-order valence-corrected chi connectivity index (χ1v) is 6.44. The Bertz CT molecular complexity index is 227. The molecular formula is C13H25NO. The van der Waals surface area contributed by atoms with Gasteiger partial charge in [-0.05, 0) is 37.0 Å². The van der Waals surface area contributed by atoms with Crippen molar-refractivity contribution in [2.24, 2.45) is 17.3 Å². The SMILES string of the molecule is C[C@H](CO)NC1[C@@H]2CCCC[C@@H]2C1(C)C. The Kier molecular flexibility index (Phi) is 3.09. The molecule has 0 amide bonds. The van der Waals surface area contributed by atoms with Crippen LogP contribution < -0.4 is 5.32 Å². The van der Waals surface area contributed by atoms with E-state index in [9.17, 15) is 0 Å². The Morgan fingerprint density at radius 1 is 1.33 bits per heavy atom. The minimum atomic E-state index is 0.247. The smallest absolute Gasteiger partial charge is 0.0582 e. The second-order valence-corrected chi connectivity index (χ2v) is 6.10. The van der Waals surface area contributed by atoms with E-state index < -0.39 is 0 Å². The number of hydrogen-bond donors (Lipinski definition) is 2. The first kappa shape index (κ1) is 11.4. The fourth-order valence-corrected chi connectivity index (χ4v) is 3.84. The Morgan fingerprint density at radius 3 is 2.67 bits per heavy atom. The first-order valence-electron chi connectivity index (χ1n) is 6.44. The fourth-order valence-electron chi connectivity index (χ4n) is 3.84. The van der Waals surface area contributed by atoms with Crippen LogP contribution in [-0.4, -0.2) is 23.8 Å². The van der Waals surface area contributed by atoms with Gasteiger partial charge in [0.15, 0.2) is 0 Å². The summed E-state index contributed by atoms with van der Waals surface area (Å²) in [5, 5.41) is 12.7. The van der Waals surface area contributed by atoms with Gasteiger partial charge >= 0.3 is 0 Å². The Balaban J connectivity index is 1.99.